The Hall–Kier alpha value is -3.80. The standard InChI is InChI=1S/C31H34N2O11/c1-14-38-12-24-30(42-14)19(33-5-4-32)10-25(43-24)44-29-17-9-21-20(40-13-41-21)8-16(17)26(27-18(29)11-39-31(27)35)15-6-22(36-2)28(34)23(7-15)37-3/h6-9,14,18-19,24-27,29-30,33-34H,5,10-13H2,1-3H3/t14?,18-,19-,24+,25-,26+,27-,29+,30-/m0/s1. The summed E-state index contributed by atoms with van der Waals surface area (Å²) in [5.74, 6) is -0.430. The molecule has 4 heterocycles. The monoisotopic (exact) mass is 610 g/mol. The van der Waals surface area contributed by atoms with Crippen LogP contribution in [0.5, 0.6) is 28.7 Å². The van der Waals surface area contributed by atoms with E-state index in [1.54, 1.807) is 12.1 Å². The smallest absolute Gasteiger partial charge is 0.310 e. The molecule has 44 heavy (non-hydrogen) atoms. The second kappa shape index (κ2) is 11.6. The Kier molecular flexibility index (Phi) is 7.63. The van der Waals surface area contributed by atoms with Crippen LogP contribution in [0.15, 0.2) is 24.3 Å². The summed E-state index contributed by atoms with van der Waals surface area (Å²) < 4.78 is 53.0. The normalized spacial score (nSPS) is 33.4. The molecule has 4 aliphatic heterocycles. The van der Waals surface area contributed by atoms with Gasteiger partial charge in [-0.25, -0.2) is 0 Å². The van der Waals surface area contributed by atoms with Gasteiger partial charge in [-0.1, -0.05) is 0 Å². The molecule has 5 aliphatic rings. The highest BCUT2D eigenvalue weighted by Gasteiger charge is 2.54. The molecule has 2 aromatic rings. The maximum Gasteiger partial charge on any atom is 0.310 e. The van der Waals surface area contributed by atoms with Crippen LogP contribution < -0.4 is 24.3 Å². The predicted molar refractivity (Wildman–Crippen MR) is 148 cm³/mol. The quantitative estimate of drug-likeness (QED) is 0.349. The summed E-state index contributed by atoms with van der Waals surface area (Å²) in [6.45, 7) is 2.50. The zero-order chi connectivity index (χ0) is 30.5. The van der Waals surface area contributed by atoms with E-state index in [0.29, 0.717) is 30.1 Å². The molecular formula is C31H34N2O11. The lowest BCUT2D eigenvalue weighted by molar-refractivity contribution is -0.324. The average molecular weight is 611 g/mol. The van der Waals surface area contributed by atoms with Crippen molar-refractivity contribution in [3.8, 4) is 34.8 Å². The highest BCUT2D eigenvalue weighted by Crippen LogP contribution is 2.57. The van der Waals surface area contributed by atoms with E-state index < -0.39 is 36.6 Å². The molecule has 9 atom stereocenters. The number of phenols is 1. The number of fused-ring (bicyclic) bond motifs is 4. The number of nitrogens with one attached hydrogen (secondary N) is 1. The van der Waals surface area contributed by atoms with Crippen LogP contribution in [0.2, 0.25) is 0 Å². The lowest BCUT2D eigenvalue weighted by Crippen LogP contribution is -2.60. The van der Waals surface area contributed by atoms with Crippen LogP contribution in [-0.4, -0.2) is 82.7 Å². The van der Waals surface area contributed by atoms with Gasteiger partial charge in [0.25, 0.3) is 0 Å². The third-order valence-corrected chi connectivity index (χ3v) is 9.10. The highest BCUT2D eigenvalue weighted by molar-refractivity contribution is 5.79. The van der Waals surface area contributed by atoms with Gasteiger partial charge in [-0.05, 0) is 47.9 Å². The van der Waals surface area contributed by atoms with Crippen LogP contribution in [0.1, 0.15) is 42.1 Å². The van der Waals surface area contributed by atoms with Gasteiger partial charge in [0.1, 0.15) is 12.2 Å². The van der Waals surface area contributed by atoms with Crippen LogP contribution in [0, 0.1) is 23.2 Å². The molecule has 234 valence electrons. The molecule has 0 radical (unpaired) electrons. The number of benzene rings is 2. The van der Waals surface area contributed by atoms with Crippen molar-refractivity contribution >= 4 is 5.97 Å². The number of nitriles is 1. The minimum absolute atomic E-state index is 0.0731. The van der Waals surface area contributed by atoms with Crippen molar-refractivity contribution in [2.24, 2.45) is 11.8 Å². The number of cyclic esters (lactones) is 1. The third-order valence-electron chi connectivity index (χ3n) is 9.10. The topological polar surface area (TPSA) is 156 Å². The van der Waals surface area contributed by atoms with Crippen molar-refractivity contribution in [1.29, 1.82) is 5.26 Å². The van der Waals surface area contributed by atoms with E-state index in [1.807, 2.05) is 19.1 Å². The molecule has 13 heteroatoms. The van der Waals surface area contributed by atoms with Gasteiger partial charge in [-0.15, -0.1) is 0 Å². The number of nitrogens with zero attached hydrogens (tertiary/aromatic N) is 1. The highest BCUT2D eigenvalue weighted by atomic mass is 16.7. The summed E-state index contributed by atoms with van der Waals surface area (Å²) in [6, 6.07) is 9.12. The molecule has 1 aliphatic carbocycles. The van der Waals surface area contributed by atoms with Gasteiger partial charge >= 0.3 is 5.97 Å². The zero-order valence-corrected chi connectivity index (χ0v) is 24.5. The van der Waals surface area contributed by atoms with Gasteiger partial charge in [0.2, 0.25) is 12.5 Å². The fourth-order valence-electron chi connectivity index (χ4n) is 7.14. The summed E-state index contributed by atoms with van der Waals surface area (Å²) in [4.78, 5) is 13.5. The van der Waals surface area contributed by atoms with E-state index in [4.69, 9.17) is 42.6 Å². The minimum atomic E-state index is -0.696. The fourth-order valence-corrected chi connectivity index (χ4v) is 7.14. The van der Waals surface area contributed by atoms with Crippen molar-refractivity contribution in [2.45, 2.75) is 56.2 Å². The number of ether oxygens (including phenoxy) is 9. The van der Waals surface area contributed by atoms with E-state index in [1.165, 1.54) is 14.2 Å². The van der Waals surface area contributed by atoms with Gasteiger partial charge in [-0.2, -0.15) is 5.26 Å². The number of hydrogen-bond donors (Lipinski definition) is 2. The molecule has 3 saturated heterocycles. The Morgan fingerprint density at radius 3 is 2.45 bits per heavy atom. The Morgan fingerprint density at radius 2 is 1.75 bits per heavy atom. The lowest BCUT2D eigenvalue weighted by atomic mass is 9.66. The zero-order valence-electron chi connectivity index (χ0n) is 24.5. The SMILES string of the molecule is COc1cc([C@@H]2c3cc4c(cc3[C@@H](O[C@H]3C[C@H](NCC#N)[C@@H]5OC(C)OC[C@H]5O3)[C@H]3COC(=O)[C@H]23)OCO4)cc(OC)c1O. The van der Waals surface area contributed by atoms with Crippen LogP contribution in [-0.2, 0) is 28.5 Å². The number of aromatic hydroxyl groups is 1. The van der Waals surface area contributed by atoms with E-state index >= 15 is 0 Å². The molecule has 2 N–H and O–H groups in total. The third kappa shape index (κ3) is 4.87. The average Bonchev–Trinajstić information content (AvgIpc) is 3.65. The fraction of sp³-hybridized carbons (Fsp3) is 0.548. The first-order valence-electron chi connectivity index (χ1n) is 14.6. The molecule has 0 spiro atoms. The summed E-state index contributed by atoms with van der Waals surface area (Å²) in [7, 11) is 2.91. The number of phenolic OH excluding ortho intramolecular Hbond substituents is 1. The molecule has 7 rings (SSSR count). The second-order valence-electron chi connectivity index (χ2n) is 11.4. The Labute approximate surface area is 253 Å². The second-order valence-corrected chi connectivity index (χ2v) is 11.4. The molecule has 13 nitrogen and oxygen atoms in total. The summed E-state index contributed by atoms with van der Waals surface area (Å²) in [6.07, 6.45) is -2.01. The molecule has 2 aromatic carbocycles. The molecular weight excluding hydrogens is 576 g/mol. The van der Waals surface area contributed by atoms with Crippen molar-refractivity contribution in [3.63, 3.8) is 0 Å². The number of methoxy groups -OCH3 is 2. The first-order valence-corrected chi connectivity index (χ1v) is 14.6. The number of carbonyl (C=O) groups excluding carboxylic acids is 1. The van der Waals surface area contributed by atoms with Crippen LogP contribution in [0.4, 0.5) is 0 Å². The Balaban J connectivity index is 1.29. The summed E-state index contributed by atoms with van der Waals surface area (Å²) >= 11 is 0. The summed E-state index contributed by atoms with van der Waals surface area (Å²) in [5, 5.41) is 23.1. The van der Waals surface area contributed by atoms with E-state index in [0.717, 1.165) is 11.1 Å². The van der Waals surface area contributed by atoms with E-state index in [-0.39, 0.29) is 61.2 Å². The number of esters is 1. The lowest BCUT2D eigenvalue weighted by Gasteiger charge is -2.47. The molecule has 1 unspecified atom stereocenters. The number of hydrogen-bond acceptors (Lipinski definition) is 13. The van der Waals surface area contributed by atoms with Crippen molar-refractivity contribution < 1.29 is 52.5 Å². The van der Waals surface area contributed by atoms with E-state index in [9.17, 15) is 15.2 Å². The molecule has 0 aromatic heterocycles. The molecule has 0 saturated carbocycles. The van der Waals surface area contributed by atoms with Gasteiger partial charge in [0.05, 0.1) is 52.1 Å². The largest absolute Gasteiger partial charge is 0.502 e. The van der Waals surface area contributed by atoms with Gasteiger partial charge in [0, 0.05) is 24.3 Å². The van der Waals surface area contributed by atoms with Gasteiger partial charge in [-0.3, -0.25) is 10.1 Å². The Morgan fingerprint density at radius 1 is 1.02 bits per heavy atom. The van der Waals surface area contributed by atoms with Gasteiger partial charge < -0.3 is 47.7 Å². The first-order chi connectivity index (χ1) is 21.4. The van der Waals surface area contributed by atoms with Crippen molar-refractivity contribution in [1.82, 2.24) is 5.32 Å². The number of carbonyl (C=O) groups is 1. The Bertz CT molecular complexity index is 1450. The predicted octanol–water partition coefficient (Wildman–Crippen LogP) is 2.49. The summed E-state index contributed by atoms with van der Waals surface area (Å²) in [5.41, 5.74) is 2.30. The van der Waals surface area contributed by atoms with Crippen molar-refractivity contribution in [2.75, 3.05) is 40.8 Å². The van der Waals surface area contributed by atoms with Crippen molar-refractivity contribution in [3.05, 3.63) is 41.0 Å². The van der Waals surface area contributed by atoms with Crippen LogP contribution >= 0.6 is 0 Å². The molecule has 3 fully saturated rings. The molecule has 0 bridgehead atoms. The number of rotatable bonds is 7. The minimum Gasteiger partial charge on any atom is -0.502 e. The van der Waals surface area contributed by atoms with Crippen LogP contribution in [0.25, 0.3) is 0 Å². The van der Waals surface area contributed by atoms with E-state index in [2.05, 4.69) is 11.4 Å². The maximum atomic E-state index is 13.5. The van der Waals surface area contributed by atoms with Crippen LogP contribution in [0.3, 0.4) is 0 Å². The molecule has 0 amide bonds. The first kappa shape index (κ1) is 28.9. The maximum absolute atomic E-state index is 13.5. The van der Waals surface area contributed by atoms with Gasteiger partial charge in [0.15, 0.2) is 35.6 Å².